The zero-order valence-electron chi connectivity index (χ0n) is 12.4. The van der Waals surface area contributed by atoms with Crippen LogP contribution in [-0.2, 0) is 11.3 Å². The Morgan fingerprint density at radius 3 is 3.00 bits per heavy atom. The smallest absolute Gasteiger partial charge is 0.240 e. The van der Waals surface area contributed by atoms with Crippen LogP contribution in [0.3, 0.4) is 0 Å². The van der Waals surface area contributed by atoms with Gasteiger partial charge < -0.3 is 16.0 Å². The fourth-order valence-corrected chi connectivity index (χ4v) is 2.77. The number of hydrogen-bond donors (Lipinski definition) is 2. The second kappa shape index (κ2) is 6.70. The number of hydrogen-bond acceptors (Lipinski definition) is 4. The van der Waals surface area contributed by atoms with Crippen LogP contribution in [0.4, 0.5) is 5.82 Å². The first-order valence-electron chi connectivity index (χ1n) is 7.35. The van der Waals surface area contributed by atoms with Crippen LogP contribution in [0.5, 0.6) is 0 Å². The SMILES string of the molecule is CCNCc1cnc(N2CCCCC2C(N)=O)c(C)c1. The number of nitrogens with one attached hydrogen (secondary N) is 1. The van der Waals surface area contributed by atoms with Gasteiger partial charge in [0.25, 0.3) is 0 Å². The van der Waals surface area contributed by atoms with Gasteiger partial charge in [-0.05, 0) is 49.9 Å². The molecular weight excluding hydrogens is 252 g/mol. The number of nitrogens with two attached hydrogens (primary N) is 1. The van der Waals surface area contributed by atoms with Crippen molar-refractivity contribution in [2.75, 3.05) is 18.0 Å². The zero-order chi connectivity index (χ0) is 14.5. The van der Waals surface area contributed by atoms with Crippen molar-refractivity contribution in [3.8, 4) is 0 Å². The van der Waals surface area contributed by atoms with Gasteiger partial charge in [0, 0.05) is 19.3 Å². The van der Waals surface area contributed by atoms with Gasteiger partial charge in [0.1, 0.15) is 11.9 Å². The normalized spacial score (nSPS) is 19.1. The summed E-state index contributed by atoms with van der Waals surface area (Å²) >= 11 is 0. The first kappa shape index (κ1) is 14.8. The number of pyridine rings is 1. The molecule has 3 N–H and O–H groups in total. The fraction of sp³-hybridized carbons (Fsp3) is 0.600. The first-order valence-corrected chi connectivity index (χ1v) is 7.35. The molecule has 0 aliphatic carbocycles. The topological polar surface area (TPSA) is 71.2 Å². The molecule has 110 valence electrons. The maximum absolute atomic E-state index is 11.6. The number of anilines is 1. The van der Waals surface area contributed by atoms with Gasteiger partial charge in [-0.25, -0.2) is 4.98 Å². The van der Waals surface area contributed by atoms with Crippen LogP contribution in [0.15, 0.2) is 12.3 Å². The predicted octanol–water partition coefficient (Wildman–Crippen LogP) is 1.34. The Balaban J connectivity index is 2.20. The van der Waals surface area contributed by atoms with E-state index >= 15 is 0 Å². The summed E-state index contributed by atoms with van der Waals surface area (Å²) < 4.78 is 0. The number of carbonyl (C=O) groups is 1. The molecule has 1 aliphatic rings. The van der Waals surface area contributed by atoms with Crippen molar-refractivity contribution in [1.29, 1.82) is 0 Å². The van der Waals surface area contributed by atoms with Crippen LogP contribution in [0.1, 0.15) is 37.3 Å². The molecule has 1 saturated heterocycles. The second-order valence-corrected chi connectivity index (χ2v) is 5.37. The quantitative estimate of drug-likeness (QED) is 0.851. The van der Waals surface area contributed by atoms with Gasteiger partial charge in [-0.3, -0.25) is 4.79 Å². The minimum Gasteiger partial charge on any atom is -0.368 e. The van der Waals surface area contributed by atoms with E-state index in [0.717, 1.165) is 50.3 Å². The summed E-state index contributed by atoms with van der Waals surface area (Å²) in [6, 6.07) is 1.92. The highest BCUT2D eigenvalue weighted by atomic mass is 16.1. The standard InChI is InChI=1S/C15H24N4O/c1-3-17-9-12-8-11(2)15(18-10-12)19-7-5-4-6-13(19)14(16)20/h8,10,13,17H,3-7,9H2,1-2H3,(H2,16,20). The summed E-state index contributed by atoms with van der Waals surface area (Å²) in [6.45, 7) is 6.75. The lowest BCUT2D eigenvalue weighted by molar-refractivity contribution is -0.119. The molecular formula is C15H24N4O. The molecule has 2 rings (SSSR count). The molecule has 0 radical (unpaired) electrons. The third-order valence-electron chi connectivity index (χ3n) is 3.79. The fourth-order valence-electron chi connectivity index (χ4n) is 2.77. The Morgan fingerprint density at radius 2 is 2.35 bits per heavy atom. The summed E-state index contributed by atoms with van der Waals surface area (Å²) in [5, 5.41) is 3.29. The monoisotopic (exact) mass is 276 g/mol. The Labute approximate surface area is 120 Å². The lowest BCUT2D eigenvalue weighted by Gasteiger charge is -2.35. The van der Waals surface area contributed by atoms with Gasteiger partial charge in [-0.2, -0.15) is 0 Å². The maximum Gasteiger partial charge on any atom is 0.240 e. The number of piperidine rings is 1. The molecule has 0 saturated carbocycles. The molecule has 1 aromatic heterocycles. The zero-order valence-corrected chi connectivity index (χ0v) is 12.4. The first-order chi connectivity index (χ1) is 9.63. The number of primary amides is 1. The summed E-state index contributed by atoms with van der Waals surface area (Å²) in [6.07, 6.45) is 4.86. The molecule has 1 aliphatic heterocycles. The van der Waals surface area contributed by atoms with Crippen LogP contribution in [0.2, 0.25) is 0 Å². The Morgan fingerprint density at radius 1 is 1.55 bits per heavy atom. The van der Waals surface area contributed by atoms with Crippen molar-refractivity contribution in [3.05, 3.63) is 23.4 Å². The molecule has 1 amide bonds. The molecule has 20 heavy (non-hydrogen) atoms. The maximum atomic E-state index is 11.6. The van der Waals surface area contributed by atoms with Crippen LogP contribution in [-0.4, -0.2) is 30.0 Å². The van der Waals surface area contributed by atoms with Crippen LogP contribution in [0.25, 0.3) is 0 Å². The van der Waals surface area contributed by atoms with Crippen molar-refractivity contribution in [1.82, 2.24) is 10.3 Å². The number of amides is 1. The van der Waals surface area contributed by atoms with Gasteiger partial charge in [-0.15, -0.1) is 0 Å². The van der Waals surface area contributed by atoms with E-state index in [1.807, 2.05) is 13.1 Å². The summed E-state index contributed by atoms with van der Waals surface area (Å²) in [4.78, 5) is 18.2. The lowest BCUT2D eigenvalue weighted by atomic mass is 10.0. The Bertz CT molecular complexity index is 475. The molecule has 1 aromatic rings. The van der Waals surface area contributed by atoms with Crippen molar-refractivity contribution in [2.45, 2.75) is 45.7 Å². The van der Waals surface area contributed by atoms with Crippen molar-refractivity contribution < 1.29 is 4.79 Å². The molecule has 5 heteroatoms. The van der Waals surface area contributed by atoms with Gasteiger partial charge in [-0.1, -0.05) is 6.92 Å². The van der Waals surface area contributed by atoms with E-state index < -0.39 is 0 Å². The van der Waals surface area contributed by atoms with E-state index in [2.05, 4.69) is 28.2 Å². The highest BCUT2D eigenvalue weighted by Crippen LogP contribution is 2.26. The van der Waals surface area contributed by atoms with Crippen LogP contribution in [0, 0.1) is 6.92 Å². The molecule has 0 bridgehead atoms. The number of aryl methyl sites for hydroxylation is 1. The van der Waals surface area contributed by atoms with Crippen molar-refractivity contribution in [2.24, 2.45) is 5.73 Å². The van der Waals surface area contributed by atoms with Crippen LogP contribution >= 0.6 is 0 Å². The third kappa shape index (κ3) is 3.28. The van der Waals surface area contributed by atoms with E-state index in [9.17, 15) is 4.79 Å². The highest BCUT2D eigenvalue weighted by Gasteiger charge is 2.28. The molecule has 2 heterocycles. The van der Waals surface area contributed by atoms with Gasteiger partial charge in [0.05, 0.1) is 0 Å². The molecule has 1 atom stereocenters. The minimum absolute atomic E-state index is 0.213. The van der Waals surface area contributed by atoms with Crippen LogP contribution < -0.4 is 16.0 Å². The third-order valence-corrected chi connectivity index (χ3v) is 3.79. The van der Waals surface area contributed by atoms with E-state index in [1.54, 1.807) is 0 Å². The molecule has 1 fully saturated rings. The average molecular weight is 276 g/mol. The Hall–Kier alpha value is -1.62. The van der Waals surface area contributed by atoms with Crippen molar-refractivity contribution >= 4 is 11.7 Å². The summed E-state index contributed by atoms with van der Waals surface area (Å²) in [5.41, 5.74) is 7.79. The number of aromatic nitrogens is 1. The van der Waals surface area contributed by atoms with Crippen molar-refractivity contribution in [3.63, 3.8) is 0 Å². The largest absolute Gasteiger partial charge is 0.368 e. The van der Waals surface area contributed by atoms with Gasteiger partial charge >= 0.3 is 0 Å². The number of rotatable bonds is 5. The van der Waals surface area contributed by atoms with E-state index in [1.165, 1.54) is 5.56 Å². The number of nitrogens with zero attached hydrogens (tertiary/aromatic N) is 2. The van der Waals surface area contributed by atoms with Gasteiger partial charge in [0.15, 0.2) is 0 Å². The van der Waals surface area contributed by atoms with Gasteiger partial charge in [0.2, 0.25) is 5.91 Å². The second-order valence-electron chi connectivity index (χ2n) is 5.37. The summed E-state index contributed by atoms with van der Waals surface area (Å²) in [7, 11) is 0. The van der Waals surface area contributed by atoms with E-state index in [4.69, 9.17) is 5.73 Å². The average Bonchev–Trinajstić information content (AvgIpc) is 2.45. The lowest BCUT2D eigenvalue weighted by Crippen LogP contribution is -2.48. The van der Waals surface area contributed by atoms with E-state index in [0.29, 0.717) is 0 Å². The molecule has 1 unspecified atom stereocenters. The molecule has 5 nitrogen and oxygen atoms in total. The highest BCUT2D eigenvalue weighted by molar-refractivity contribution is 5.83. The van der Waals surface area contributed by atoms with E-state index in [-0.39, 0.29) is 11.9 Å². The molecule has 0 spiro atoms. The Kier molecular flexibility index (Phi) is 4.95. The molecule has 0 aromatic carbocycles. The number of carbonyl (C=O) groups excluding carboxylic acids is 1. The minimum atomic E-state index is -0.248. The predicted molar refractivity (Wildman–Crippen MR) is 80.5 cm³/mol. The summed E-state index contributed by atoms with van der Waals surface area (Å²) in [5.74, 6) is 0.649.